The fourth-order valence-electron chi connectivity index (χ4n) is 1.70. The highest BCUT2D eigenvalue weighted by atomic mass is 127. The molecule has 22 heavy (non-hydrogen) atoms. The van der Waals surface area contributed by atoms with Crippen LogP contribution in [0, 0.1) is 3.57 Å². The highest BCUT2D eigenvalue weighted by molar-refractivity contribution is 14.1. The van der Waals surface area contributed by atoms with Crippen LogP contribution in [0.15, 0.2) is 48.5 Å². The van der Waals surface area contributed by atoms with E-state index in [4.69, 9.17) is 18.0 Å². The van der Waals surface area contributed by atoms with Crippen LogP contribution < -0.4 is 16.4 Å². The zero-order valence-electron chi connectivity index (χ0n) is 11.3. The van der Waals surface area contributed by atoms with Crippen LogP contribution in [-0.4, -0.2) is 16.9 Å². The van der Waals surface area contributed by atoms with Crippen LogP contribution in [0.3, 0.4) is 0 Å². The summed E-state index contributed by atoms with van der Waals surface area (Å²) in [6.07, 6.45) is 0. The van der Waals surface area contributed by atoms with Gasteiger partial charge in [-0.2, -0.15) is 0 Å². The molecule has 0 radical (unpaired) electrons. The number of nitrogens with two attached hydrogens (primary N) is 1. The molecule has 0 aliphatic rings. The lowest BCUT2D eigenvalue weighted by molar-refractivity contribution is 0.0974. The van der Waals surface area contributed by atoms with Gasteiger partial charge in [-0.05, 0) is 71.2 Å². The highest BCUT2D eigenvalue weighted by Gasteiger charge is 2.11. The summed E-state index contributed by atoms with van der Waals surface area (Å²) in [6.45, 7) is 0. The minimum Gasteiger partial charge on any atom is -0.366 e. The summed E-state index contributed by atoms with van der Waals surface area (Å²) in [5, 5.41) is 5.66. The number of hydrogen-bond donors (Lipinski definition) is 3. The summed E-state index contributed by atoms with van der Waals surface area (Å²) in [5.41, 5.74) is 6.77. The Balaban J connectivity index is 1.99. The zero-order chi connectivity index (χ0) is 16.1. The summed E-state index contributed by atoms with van der Waals surface area (Å²) >= 11 is 7.19. The average molecular weight is 425 g/mol. The number of primary amides is 1. The molecule has 0 saturated heterocycles. The molecule has 5 nitrogen and oxygen atoms in total. The van der Waals surface area contributed by atoms with Crippen molar-refractivity contribution in [3.05, 3.63) is 63.2 Å². The van der Waals surface area contributed by atoms with Gasteiger partial charge in [0.15, 0.2) is 5.11 Å². The second-order valence-electron chi connectivity index (χ2n) is 4.33. The maximum absolute atomic E-state index is 12.1. The smallest absolute Gasteiger partial charge is 0.258 e. The van der Waals surface area contributed by atoms with E-state index in [2.05, 4.69) is 33.2 Å². The Labute approximate surface area is 146 Å². The first-order chi connectivity index (χ1) is 10.5. The van der Waals surface area contributed by atoms with Crippen LogP contribution in [0.2, 0.25) is 0 Å². The quantitative estimate of drug-likeness (QED) is 0.522. The zero-order valence-corrected chi connectivity index (χ0v) is 14.3. The van der Waals surface area contributed by atoms with Crippen LogP contribution in [0.25, 0.3) is 0 Å². The fourth-order valence-corrected chi connectivity index (χ4v) is 2.54. The predicted molar refractivity (Wildman–Crippen MR) is 97.8 cm³/mol. The number of halogens is 1. The summed E-state index contributed by atoms with van der Waals surface area (Å²) < 4.78 is 0.839. The Bertz CT molecular complexity index is 732. The number of benzene rings is 2. The molecule has 4 N–H and O–H groups in total. The molecule has 0 atom stereocenters. The van der Waals surface area contributed by atoms with Crippen molar-refractivity contribution in [2.24, 2.45) is 5.73 Å². The molecule has 0 saturated carbocycles. The summed E-state index contributed by atoms with van der Waals surface area (Å²) in [6, 6.07) is 13.7. The first kappa shape index (κ1) is 16.4. The predicted octanol–water partition coefficient (Wildman–Crippen LogP) is 2.52. The van der Waals surface area contributed by atoms with Gasteiger partial charge in [-0.3, -0.25) is 14.9 Å². The number of rotatable bonds is 3. The Morgan fingerprint density at radius 2 is 1.68 bits per heavy atom. The molecule has 0 bridgehead atoms. The van der Waals surface area contributed by atoms with Gasteiger partial charge in [0.25, 0.3) is 5.91 Å². The maximum atomic E-state index is 12.1. The summed E-state index contributed by atoms with van der Waals surface area (Å²) in [5.74, 6) is -0.780. The average Bonchev–Trinajstić information content (AvgIpc) is 2.48. The molecular weight excluding hydrogens is 413 g/mol. The van der Waals surface area contributed by atoms with E-state index < -0.39 is 5.91 Å². The normalized spacial score (nSPS) is 9.86. The number of carbonyl (C=O) groups is 2. The Hall–Kier alpha value is -2.00. The molecule has 2 amide bonds. The highest BCUT2D eigenvalue weighted by Crippen LogP contribution is 2.12. The van der Waals surface area contributed by atoms with Crippen molar-refractivity contribution in [2.45, 2.75) is 0 Å². The van der Waals surface area contributed by atoms with E-state index in [0.717, 1.165) is 3.57 Å². The van der Waals surface area contributed by atoms with Crippen molar-refractivity contribution in [2.75, 3.05) is 5.32 Å². The van der Waals surface area contributed by atoms with E-state index in [1.165, 1.54) is 0 Å². The van der Waals surface area contributed by atoms with Crippen LogP contribution in [0.5, 0.6) is 0 Å². The molecule has 2 rings (SSSR count). The standard InChI is InChI=1S/C15H12IN3O2S/c16-12-4-2-1-3-11(12)14(21)19-15(22)18-10-7-5-9(6-8-10)13(17)20/h1-8H,(H2,17,20)(H2,18,19,21,22). The van der Waals surface area contributed by atoms with E-state index in [9.17, 15) is 9.59 Å². The van der Waals surface area contributed by atoms with Gasteiger partial charge in [0.05, 0.1) is 5.56 Å². The Morgan fingerprint density at radius 3 is 2.27 bits per heavy atom. The van der Waals surface area contributed by atoms with Crippen molar-refractivity contribution in [3.63, 3.8) is 0 Å². The van der Waals surface area contributed by atoms with Crippen molar-refractivity contribution >= 4 is 57.4 Å². The van der Waals surface area contributed by atoms with Gasteiger partial charge in [0.2, 0.25) is 5.91 Å². The van der Waals surface area contributed by atoms with Crippen molar-refractivity contribution < 1.29 is 9.59 Å². The third kappa shape index (κ3) is 4.25. The number of thiocarbonyl (C=S) groups is 1. The number of nitrogens with one attached hydrogen (secondary N) is 2. The van der Waals surface area contributed by atoms with Gasteiger partial charge in [0, 0.05) is 14.8 Å². The molecule has 7 heteroatoms. The first-order valence-electron chi connectivity index (χ1n) is 6.24. The molecular formula is C15H12IN3O2S. The van der Waals surface area contributed by atoms with Gasteiger partial charge < -0.3 is 11.1 Å². The minimum atomic E-state index is -0.499. The van der Waals surface area contributed by atoms with Crippen molar-refractivity contribution in [1.82, 2.24) is 5.32 Å². The van der Waals surface area contributed by atoms with Gasteiger partial charge in [-0.15, -0.1) is 0 Å². The van der Waals surface area contributed by atoms with Crippen LogP contribution in [0.4, 0.5) is 5.69 Å². The molecule has 0 heterocycles. The molecule has 0 unspecified atom stereocenters. The number of anilines is 1. The molecule has 112 valence electrons. The van der Waals surface area contributed by atoms with Gasteiger partial charge in [0.1, 0.15) is 0 Å². The summed E-state index contributed by atoms with van der Waals surface area (Å²) in [4.78, 5) is 23.1. The lowest BCUT2D eigenvalue weighted by atomic mass is 10.2. The lowest BCUT2D eigenvalue weighted by Gasteiger charge is -2.10. The topological polar surface area (TPSA) is 84.2 Å². The van der Waals surface area contributed by atoms with E-state index in [1.54, 1.807) is 36.4 Å². The van der Waals surface area contributed by atoms with E-state index in [0.29, 0.717) is 16.8 Å². The van der Waals surface area contributed by atoms with Gasteiger partial charge >= 0.3 is 0 Å². The largest absolute Gasteiger partial charge is 0.366 e. The van der Waals surface area contributed by atoms with E-state index in [1.807, 2.05) is 12.1 Å². The van der Waals surface area contributed by atoms with Crippen molar-refractivity contribution in [1.29, 1.82) is 0 Å². The second kappa shape index (κ2) is 7.32. The lowest BCUT2D eigenvalue weighted by Crippen LogP contribution is -2.34. The van der Waals surface area contributed by atoms with Crippen LogP contribution >= 0.6 is 34.8 Å². The third-order valence-electron chi connectivity index (χ3n) is 2.77. The molecule has 2 aromatic rings. The molecule has 0 aromatic heterocycles. The monoisotopic (exact) mass is 425 g/mol. The van der Waals surface area contributed by atoms with E-state index >= 15 is 0 Å². The SMILES string of the molecule is NC(=O)c1ccc(NC(=S)NC(=O)c2ccccc2I)cc1. The Kier molecular flexibility index (Phi) is 5.45. The minimum absolute atomic E-state index is 0.177. The van der Waals surface area contributed by atoms with Gasteiger partial charge in [-0.25, -0.2) is 0 Å². The van der Waals surface area contributed by atoms with Crippen LogP contribution in [-0.2, 0) is 0 Å². The van der Waals surface area contributed by atoms with Gasteiger partial charge in [-0.1, -0.05) is 12.1 Å². The molecule has 0 fully saturated rings. The van der Waals surface area contributed by atoms with E-state index in [-0.39, 0.29) is 11.0 Å². The molecule has 2 aromatic carbocycles. The number of amides is 2. The molecule has 0 aliphatic heterocycles. The molecule has 0 spiro atoms. The summed E-state index contributed by atoms with van der Waals surface area (Å²) in [7, 11) is 0. The third-order valence-corrected chi connectivity index (χ3v) is 3.92. The molecule has 0 aliphatic carbocycles. The maximum Gasteiger partial charge on any atom is 0.258 e. The first-order valence-corrected chi connectivity index (χ1v) is 7.73. The number of carbonyl (C=O) groups excluding carboxylic acids is 2. The van der Waals surface area contributed by atoms with Crippen LogP contribution in [0.1, 0.15) is 20.7 Å². The number of hydrogen-bond acceptors (Lipinski definition) is 3. The second-order valence-corrected chi connectivity index (χ2v) is 5.90. The Morgan fingerprint density at radius 1 is 1.05 bits per heavy atom. The van der Waals surface area contributed by atoms with Crippen molar-refractivity contribution in [3.8, 4) is 0 Å². The fraction of sp³-hybridized carbons (Fsp3) is 0.